The summed E-state index contributed by atoms with van der Waals surface area (Å²) in [6.07, 6.45) is 0.743. The van der Waals surface area contributed by atoms with Crippen molar-refractivity contribution in [2.75, 3.05) is 6.61 Å². The van der Waals surface area contributed by atoms with Crippen molar-refractivity contribution in [3.05, 3.63) is 34.9 Å². The van der Waals surface area contributed by atoms with Crippen LogP contribution in [0.25, 0.3) is 0 Å². The van der Waals surface area contributed by atoms with E-state index >= 15 is 0 Å². The van der Waals surface area contributed by atoms with E-state index in [9.17, 15) is 4.79 Å². The van der Waals surface area contributed by atoms with Gasteiger partial charge in [-0.1, -0.05) is 18.2 Å². The minimum Gasteiger partial charge on any atom is -0.481 e. The Morgan fingerprint density at radius 1 is 1.38 bits per heavy atom. The van der Waals surface area contributed by atoms with Crippen LogP contribution >= 0.6 is 0 Å². The van der Waals surface area contributed by atoms with Gasteiger partial charge in [-0.05, 0) is 37.0 Å². The number of aliphatic carboxylic acids is 1. The Morgan fingerprint density at radius 2 is 2.12 bits per heavy atom. The third-order valence-corrected chi connectivity index (χ3v) is 2.65. The van der Waals surface area contributed by atoms with Gasteiger partial charge in [0.1, 0.15) is 0 Å². The summed E-state index contributed by atoms with van der Waals surface area (Å²) in [4.78, 5) is 10.3. The fraction of sp³-hybridized carbons (Fsp3) is 0.462. The Labute approximate surface area is 96.1 Å². The molecule has 0 aliphatic rings. The minimum atomic E-state index is -0.768. The van der Waals surface area contributed by atoms with Crippen molar-refractivity contribution in [3.8, 4) is 0 Å². The molecule has 16 heavy (non-hydrogen) atoms. The largest absolute Gasteiger partial charge is 0.481 e. The summed E-state index contributed by atoms with van der Waals surface area (Å²) >= 11 is 0. The highest BCUT2D eigenvalue weighted by Gasteiger charge is 2.01. The summed E-state index contributed by atoms with van der Waals surface area (Å²) < 4.78 is 5.44. The quantitative estimate of drug-likeness (QED) is 0.753. The monoisotopic (exact) mass is 222 g/mol. The number of benzene rings is 1. The Morgan fingerprint density at radius 3 is 2.81 bits per heavy atom. The standard InChI is InChI=1S/C13H18O3/c1-10-5-3-6-12(11(10)2)9-16-8-4-7-13(14)15/h3,5-6H,4,7-9H2,1-2H3,(H,14,15). The van der Waals surface area contributed by atoms with Crippen molar-refractivity contribution in [1.82, 2.24) is 0 Å². The average molecular weight is 222 g/mol. The summed E-state index contributed by atoms with van der Waals surface area (Å²) in [5.74, 6) is -0.768. The lowest BCUT2D eigenvalue weighted by Crippen LogP contribution is -2.01. The molecule has 0 saturated carbocycles. The number of hydrogen-bond donors (Lipinski definition) is 1. The SMILES string of the molecule is Cc1cccc(COCCCC(=O)O)c1C. The maximum Gasteiger partial charge on any atom is 0.303 e. The molecule has 0 spiro atoms. The van der Waals surface area contributed by atoms with Crippen molar-refractivity contribution in [2.45, 2.75) is 33.3 Å². The summed E-state index contributed by atoms with van der Waals surface area (Å²) in [6, 6.07) is 6.13. The molecule has 0 aromatic heterocycles. The topological polar surface area (TPSA) is 46.5 Å². The second-order valence-corrected chi connectivity index (χ2v) is 3.91. The van der Waals surface area contributed by atoms with E-state index in [2.05, 4.69) is 19.9 Å². The van der Waals surface area contributed by atoms with Gasteiger partial charge in [0.2, 0.25) is 0 Å². The zero-order valence-corrected chi connectivity index (χ0v) is 9.82. The van der Waals surface area contributed by atoms with Crippen molar-refractivity contribution in [1.29, 1.82) is 0 Å². The molecule has 88 valence electrons. The van der Waals surface area contributed by atoms with E-state index in [4.69, 9.17) is 9.84 Å². The molecule has 3 heteroatoms. The van der Waals surface area contributed by atoms with Crippen molar-refractivity contribution < 1.29 is 14.6 Å². The average Bonchev–Trinajstić information content (AvgIpc) is 2.23. The van der Waals surface area contributed by atoms with Gasteiger partial charge in [0.25, 0.3) is 0 Å². The zero-order chi connectivity index (χ0) is 12.0. The number of hydrogen-bond acceptors (Lipinski definition) is 2. The Bertz CT molecular complexity index is 358. The first-order chi connectivity index (χ1) is 7.61. The Hall–Kier alpha value is -1.35. The second-order valence-electron chi connectivity index (χ2n) is 3.91. The normalized spacial score (nSPS) is 10.4. The van der Waals surface area contributed by atoms with E-state index in [-0.39, 0.29) is 6.42 Å². The third-order valence-electron chi connectivity index (χ3n) is 2.65. The van der Waals surface area contributed by atoms with Crippen LogP contribution in [0.2, 0.25) is 0 Å². The molecule has 1 N–H and O–H groups in total. The van der Waals surface area contributed by atoms with E-state index in [1.54, 1.807) is 0 Å². The van der Waals surface area contributed by atoms with Crippen LogP contribution in [-0.4, -0.2) is 17.7 Å². The molecule has 0 atom stereocenters. The first kappa shape index (κ1) is 12.7. The predicted molar refractivity (Wildman–Crippen MR) is 62.4 cm³/mol. The molecule has 0 fully saturated rings. The maximum atomic E-state index is 10.3. The molecule has 0 aliphatic heterocycles. The van der Waals surface area contributed by atoms with Gasteiger partial charge in [-0.15, -0.1) is 0 Å². The van der Waals surface area contributed by atoms with Gasteiger partial charge in [0.05, 0.1) is 6.61 Å². The molecule has 0 aliphatic carbocycles. The molecule has 3 nitrogen and oxygen atoms in total. The number of ether oxygens (including phenoxy) is 1. The van der Waals surface area contributed by atoms with Crippen LogP contribution < -0.4 is 0 Å². The van der Waals surface area contributed by atoms with Crippen LogP contribution in [0.1, 0.15) is 29.5 Å². The highest BCUT2D eigenvalue weighted by atomic mass is 16.5. The molecule has 0 unspecified atom stereocenters. The minimum absolute atomic E-state index is 0.173. The van der Waals surface area contributed by atoms with Gasteiger partial charge < -0.3 is 9.84 Å². The van der Waals surface area contributed by atoms with Gasteiger partial charge in [-0.3, -0.25) is 4.79 Å². The van der Waals surface area contributed by atoms with Crippen LogP contribution in [0.4, 0.5) is 0 Å². The third kappa shape index (κ3) is 4.03. The molecule has 1 rings (SSSR count). The van der Waals surface area contributed by atoms with Crippen molar-refractivity contribution in [2.24, 2.45) is 0 Å². The Kier molecular flexibility index (Phi) is 4.99. The van der Waals surface area contributed by atoms with Gasteiger partial charge in [0.15, 0.2) is 0 Å². The first-order valence-corrected chi connectivity index (χ1v) is 5.46. The van der Waals surface area contributed by atoms with Crippen LogP contribution in [0.5, 0.6) is 0 Å². The van der Waals surface area contributed by atoms with Crippen molar-refractivity contribution >= 4 is 5.97 Å². The molecular formula is C13H18O3. The summed E-state index contributed by atoms with van der Waals surface area (Å²) in [5, 5.41) is 8.45. The molecule has 1 aromatic rings. The van der Waals surface area contributed by atoms with Gasteiger partial charge in [0, 0.05) is 13.0 Å². The van der Waals surface area contributed by atoms with E-state index in [1.807, 2.05) is 12.1 Å². The molecule has 0 bridgehead atoms. The lowest BCUT2D eigenvalue weighted by atomic mass is 10.0. The second kappa shape index (κ2) is 6.28. The number of carboxylic acid groups (broad SMARTS) is 1. The summed E-state index contributed by atoms with van der Waals surface area (Å²) in [7, 11) is 0. The fourth-order valence-electron chi connectivity index (χ4n) is 1.48. The summed E-state index contributed by atoms with van der Waals surface area (Å²) in [6.45, 7) is 5.21. The molecule has 1 aromatic carbocycles. The predicted octanol–water partition coefficient (Wildman–Crippen LogP) is 2.68. The number of carbonyl (C=O) groups is 1. The van der Waals surface area contributed by atoms with Crippen LogP contribution in [0.3, 0.4) is 0 Å². The molecule has 0 amide bonds. The summed E-state index contributed by atoms with van der Waals surface area (Å²) in [5.41, 5.74) is 3.68. The Balaban J connectivity index is 2.32. The van der Waals surface area contributed by atoms with Crippen LogP contribution in [0, 0.1) is 13.8 Å². The molecule has 0 heterocycles. The van der Waals surface area contributed by atoms with E-state index < -0.39 is 5.97 Å². The molecular weight excluding hydrogens is 204 g/mol. The highest BCUT2D eigenvalue weighted by Crippen LogP contribution is 2.13. The van der Waals surface area contributed by atoms with E-state index in [0.717, 1.165) is 0 Å². The highest BCUT2D eigenvalue weighted by molar-refractivity contribution is 5.66. The fourth-order valence-corrected chi connectivity index (χ4v) is 1.48. The van der Waals surface area contributed by atoms with E-state index in [0.29, 0.717) is 19.6 Å². The lowest BCUT2D eigenvalue weighted by molar-refractivity contribution is -0.137. The van der Waals surface area contributed by atoms with Crippen molar-refractivity contribution in [3.63, 3.8) is 0 Å². The zero-order valence-electron chi connectivity index (χ0n) is 9.82. The molecule has 0 saturated heterocycles. The number of carboxylic acids is 1. The maximum absolute atomic E-state index is 10.3. The number of aryl methyl sites for hydroxylation is 1. The smallest absolute Gasteiger partial charge is 0.303 e. The van der Waals surface area contributed by atoms with Gasteiger partial charge in [-0.2, -0.15) is 0 Å². The van der Waals surface area contributed by atoms with Crippen LogP contribution in [-0.2, 0) is 16.1 Å². The van der Waals surface area contributed by atoms with Crippen LogP contribution in [0.15, 0.2) is 18.2 Å². The first-order valence-electron chi connectivity index (χ1n) is 5.46. The van der Waals surface area contributed by atoms with Gasteiger partial charge in [-0.25, -0.2) is 0 Å². The molecule has 0 radical (unpaired) electrons. The number of rotatable bonds is 6. The van der Waals surface area contributed by atoms with E-state index in [1.165, 1.54) is 16.7 Å². The lowest BCUT2D eigenvalue weighted by Gasteiger charge is -2.08. The van der Waals surface area contributed by atoms with Gasteiger partial charge >= 0.3 is 5.97 Å².